The molecule has 1 aromatic carbocycles. The smallest absolute Gasteiger partial charge is 0.0417 e. The molecule has 0 aromatic heterocycles. The van der Waals surface area contributed by atoms with E-state index in [2.05, 4.69) is 39.3 Å². The molecule has 116 valence electrons. The van der Waals surface area contributed by atoms with Gasteiger partial charge in [0.2, 0.25) is 0 Å². The molecule has 0 amide bonds. The molecule has 0 spiro atoms. The van der Waals surface area contributed by atoms with Crippen molar-refractivity contribution in [3.05, 3.63) is 33.3 Å². The summed E-state index contributed by atoms with van der Waals surface area (Å²) in [5.74, 6) is 0.676. The molecule has 2 nitrogen and oxygen atoms in total. The minimum atomic E-state index is 0.513. The summed E-state index contributed by atoms with van der Waals surface area (Å²) in [7, 11) is 2.07. The lowest BCUT2D eigenvalue weighted by atomic mass is 9.89. The lowest BCUT2D eigenvalue weighted by Gasteiger charge is -2.36. The zero-order chi connectivity index (χ0) is 14.8. The van der Waals surface area contributed by atoms with Gasteiger partial charge in [0.15, 0.2) is 0 Å². The van der Waals surface area contributed by atoms with Gasteiger partial charge in [0.1, 0.15) is 0 Å². The van der Waals surface area contributed by atoms with Gasteiger partial charge in [-0.2, -0.15) is 0 Å². The predicted molar refractivity (Wildman–Crippen MR) is 92.9 cm³/mol. The highest BCUT2D eigenvalue weighted by Crippen LogP contribution is 2.44. The Hall–Kier alpha value is -0.0900. The van der Waals surface area contributed by atoms with E-state index in [1.165, 1.54) is 44.2 Å². The highest BCUT2D eigenvalue weighted by molar-refractivity contribution is 9.10. The van der Waals surface area contributed by atoms with E-state index in [-0.39, 0.29) is 0 Å². The second-order valence-electron chi connectivity index (χ2n) is 6.39. The second kappa shape index (κ2) is 6.99. The van der Waals surface area contributed by atoms with Crippen molar-refractivity contribution in [3.8, 4) is 0 Å². The summed E-state index contributed by atoms with van der Waals surface area (Å²) in [6.45, 7) is 2.33. The quantitative estimate of drug-likeness (QED) is 0.830. The molecule has 3 rings (SSSR count). The number of halogens is 2. The third-order valence-corrected chi connectivity index (χ3v) is 5.73. The Morgan fingerprint density at radius 1 is 1.29 bits per heavy atom. The molecule has 0 radical (unpaired) electrons. The lowest BCUT2D eigenvalue weighted by Crippen LogP contribution is -2.38. The molecule has 2 atom stereocenters. The van der Waals surface area contributed by atoms with Crippen LogP contribution in [0.15, 0.2) is 22.7 Å². The molecule has 1 aliphatic carbocycles. The van der Waals surface area contributed by atoms with Crippen LogP contribution < -0.4 is 5.32 Å². The summed E-state index contributed by atoms with van der Waals surface area (Å²) < 4.78 is 1.16. The molecule has 1 saturated carbocycles. The fourth-order valence-corrected chi connectivity index (χ4v) is 4.65. The van der Waals surface area contributed by atoms with Gasteiger partial charge in [-0.3, -0.25) is 4.90 Å². The maximum atomic E-state index is 6.14. The Kier molecular flexibility index (Phi) is 5.26. The number of likely N-dealkylation sites (tertiary alicyclic amines) is 1. The van der Waals surface area contributed by atoms with Crippen LogP contribution in [-0.4, -0.2) is 31.1 Å². The van der Waals surface area contributed by atoms with E-state index >= 15 is 0 Å². The molecule has 0 bridgehead atoms. The Balaban J connectivity index is 1.96. The monoisotopic (exact) mass is 370 g/mol. The van der Waals surface area contributed by atoms with Gasteiger partial charge in [0.25, 0.3) is 0 Å². The number of nitrogens with one attached hydrogen (secondary N) is 1. The zero-order valence-corrected chi connectivity index (χ0v) is 15.0. The van der Waals surface area contributed by atoms with Crippen molar-refractivity contribution >= 4 is 27.5 Å². The van der Waals surface area contributed by atoms with Gasteiger partial charge in [-0.15, -0.1) is 0 Å². The Morgan fingerprint density at radius 3 is 2.76 bits per heavy atom. The summed E-state index contributed by atoms with van der Waals surface area (Å²) >= 11 is 9.89. The van der Waals surface area contributed by atoms with Crippen molar-refractivity contribution in [3.63, 3.8) is 0 Å². The summed E-state index contributed by atoms with van der Waals surface area (Å²) in [5.41, 5.74) is 1.41. The normalized spacial score (nSPS) is 27.6. The molecule has 1 saturated heterocycles. The maximum Gasteiger partial charge on any atom is 0.0417 e. The number of benzene rings is 1. The predicted octanol–water partition coefficient (Wildman–Crippen LogP) is 4.63. The molecule has 2 unspecified atom stereocenters. The first kappa shape index (κ1) is 15.8. The van der Waals surface area contributed by atoms with Crippen molar-refractivity contribution in [1.82, 2.24) is 10.2 Å². The first-order chi connectivity index (χ1) is 10.2. The van der Waals surface area contributed by atoms with Crippen LogP contribution in [0, 0.1) is 5.92 Å². The van der Waals surface area contributed by atoms with Crippen molar-refractivity contribution in [2.24, 2.45) is 5.92 Å². The van der Waals surface area contributed by atoms with E-state index < -0.39 is 0 Å². The van der Waals surface area contributed by atoms with E-state index in [1.54, 1.807) is 0 Å². The highest BCUT2D eigenvalue weighted by Gasteiger charge is 2.39. The molecular weight excluding hydrogens is 348 g/mol. The summed E-state index contributed by atoms with van der Waals surface area (Å²) in [4.78, 5) is 2.77. The summed E-state index contributed by atoms with van der Waals surface area (Å²) in [6, 6.07) is 7.62. The zero-order valence-electron chi connectivity index (χ0n) is 12.6. The van der Waals surface area contributed by atoms with E-state index in [4.69, 9.17) is 11.6 Å². The van der Waals surface area contributed by atoms with Crippen LogP contribution in [0.3, 0.4) is 0 Å². The average Bonchev–Trinajstić information content (AvgIpc) is 3.26. The summed E-state index contributed by atoms with van der Waals surface area (Å²) in [5, 5.41) is 4.22. The Labute approximate surface area is 141 Å². The second-order valence-corrected chi connectivity index (χ2v) is 7.68. The van der Waals surface area contributed by atoms with Gasteiger partial charge >= 0.3 is 0 Å². The minimum Gasteiger partial charge on any atom is -0.319 e. The van der Waals surface area contributed by atoms with E-state index in [0.29, 0.717) is 12.0 Å². The van der Waals surface area contributed by atoms with E-state index in [1.807, 2.05) is 12.1 Å². The molecule has 2 aliphatic rings. The van der Waals surface area contributed by atoms with Gasteiger partial charge in [-0.1, -0.05) is 40.0 Å². The standard InChI is InChI=1S/C17H24BrClN2/c1-20-11-12-4-2-3-9-21(14-6-7-14)17(12)15-8-5-13(19)10-16(15)18/h5,8,10,12,14,17,20H,2-4,6-7,9,11H2,1H3. The molecule has 1 heterocycles. The van der Waals surface area contributed by atoms with Gasteiger partial charge in [-0.05, 0) is 69.4 Å². The molecular formula is C17H24BrClN2. The average molecular weight is 372 g/mol. The van der Waals surface area contributed by atoms with E-state index in [9.17, 15) is 0 Å². The molecule has 1 aliphatic heterocycles. The van der Waals surface area contributed by atoms with Crippen LogP contribution in [0.1, 0.15) is 43.7 Å². The number of nitrogens with zero attached hydrogens (tertiary/aromatic N) is 1. The topological polar surface area (TPSA) is 15.3 Å². The van der Waals surface area contributed by atoms with Crippen molar-refractivity contribution in [2.45, 2.75) is 44.2 Å². The third-order valence-electron chi connectivity index (χ3n) is 4.81. The van der Waals surface area contributed by atoms with Crippen molar-refractivity contribution < 1.29 is 0 Å². The van der Waals surface area contributed by atoms with Crippen molar-refractivity contribution in [2.75, 3.05) is 20.1 Å². The van der Waals surface area contributed by atoms with Gasteiger partial charge < -0.3 is 5.32 Å². The van der Waals surface area contributed by atoms with Crippen molar-refractivity contribution in [1.29, 1.82) is 0 Å². The first-order valence-corrected chi connectivity index (χ1v) is 9.23. The van der Waals surface area contributed by atoms with Crippen LogP contribution in [0.25, 0.3) is 0 Å². The fourth-order valence-electron chi connectivity index (χ4n) is 3.73. The Morgan fingerprint density at radius 2 is 2.10 bits per heavy atom. The molecule has 1 aromatic rings. The van der Waals surface area contributed by atoms with Crippen LogP contribution >= 0.6 is 27.5 Å². The number of hydrogen-bond donors (Lipinski definition) is 1. The lowest BCUT2D eigenvalue weighted by molar-refractivity contribution is 0.145. The largest absolute Gasteiger partial charge is 0.319 e. The first-order valence-electron chi connectivity index (χ1n) is 8.06. The Bertz CT molecular complexity index is 490. The minimum absolute atomic E-state index is 0.513. The van der Waals surface area contributed by atoms with Gasteiger partial charge in [0, 0.05) is 21.6 Å². The van der Waals surface area contributed by atoms with Crippen LogP contribution in [-0.2, 0) is 0 Å². The molecule has 2 fully saturated rings. The third kappa shape index (κ3) is 3.64. The molecule has 21 heavy (non-hydrogen) atoms. The fraction of sp³-hybridized carbons (Fsp3) is 0.647. The number of rotatable bonds is 4. The van der Waals surface area contributed by atoms with E-state index in [0.717, 1.165) is 22.1 Å². The SMILES string of the molecule is CNCC1CCCCN(C2CC2)C1c1ccc(Cl)cc1Br. The maximum absolute atomic E-state index is 6.14. The van der Waals surface area contributed by atoms with Gasteiger partial charge in [-0.25, -0.2) is 0 Å². The van der Waals surface area contributed by atoms with Crippen LogP contribution in [0.4, 0.5) is 0 Å². The number of hydrogen-bond acceptors (Lipinski definition) is 2. The van der Waals surface area contributed by atoms with Gasteiger partial charge in [0.05, 0.1) is 0 Å². The van der Waals surface area contributed by atoms with Crippen LogP contribution in [0.2, 0.25) is 5.02 Å². The molecule has 4 heteroatoms. The highest BCUT2D eigenvalue weighted by atomic mass is 79.9. The summed E-state index contributed by atoms with van der Waals surface area (Å²) in [6.07, 6.45) is 6.72. The molecule has 1 N–H and O–H groups in total. The van der Waals surface area contributed by atoms with Crippen LogP contribution in [0.5, 0.6) is 0 Å².